The van der Waals surface area contributed by atoms with Crippen molar-refractivity contribution in [2.75, 3.05) is 6.26 Å². The highest BCUT2D eigenvalue weighted by Gasteiger charge is 2.52. The van der Waals surface area contributed by atoms with Crippen LogP contribution in [-0.4, -0.2) is 22.9 Å². The van der Waals surface area contributed by atoms with Gasteiger partial charge < -0.3 is 5.73 Å². The molecule has 138 valence electrons. The van der Waals surface area contributed by atoms with Crippen molar-refractivity contribution in [2.45, 2.75) is 5.41 Å². The van der Waals surface area contributed by atoms with E-state index in [9.17, 15) is 4.79 Å². The van der Waals surface area contributed by atoms with Crippen LogP contribution in [0.5, 0.6) is 0 Å². The van der Waals surface area contributed by atoms with E-state index >= 15 is 0 Å². The summed E-state index contributed by atoms with van der Waals surface area (Å²) in [6.45, 7) is 0. The molecule has 1 aliphatic carbocycles. The normalized spacial score (nSPS) is 17.0. The minimum absolute atomic E-state index is 0.0937. The number of nitrogens with zero attached hydrogens (tertiary/aromatic N) is 2. The van der Waals surface area contributed by atoms with Gasteiger partial charge in [-0.3, -0.25) is 4.79 Å². The fraction of sp³-hybridized carbons (Fsp3) is 0.0870. The number of fused-ring (bicyclic) bond motifs is 1. The lowest BCUT2D eigenvalue weighted by Gasteiger charge is -2.29. The van der Waals surface area contributed by atoms with E-state index in [-0.39, 0.29) is 5.78 Å². The second kappa shape index (κ2) is 7.44. The lowest BCUT2D eigenvalue weighted by molar-refractivity contribution is -0.115. The fourth-order valence-electron chi connectivity index (χ4n) is 3.79. The number of rotatable bonds is 3. The molecule has 0 amide bonds. The molecule has 0 bridgehead atoms. The molecule has 5 heteroatoms. The molecule has 4 nitrogen and oxygen atoms in total. The first kappa shape index (κ1) is 18.2. The molecule has 0 aliphatic heterocycles. The molecule has 0 unspecified atom stereocenters. The van der Waals surface area contributed by atoms with Crippen molar-refractivity contribution in [2.24, 2.45) is 15.9 Å². The molecule has 2 N–H and O–H groups in total. The van der Waals surface area contributed by atoms with Crippen LogP contribution in [0.3, 0.4) is 0 Å². The quantitative estimate of drug-likeness (QED) is 0.421. The summed E-state index contributed by atoms with van der Waals surface area (Å²) in [7, 11) is 0. The molecule has 3 aromatic rings. The Balaban J connectivity index is 2.06. The van der Waals surface area contributed by atoms with Gasteiger partial charge in [-0.2, -0.15) is 0 Å². The van der Waals surface area contributed by atoms with E-state index in [1.165, 1.54) is 11.8 Å². The molecule has 0 fully saturated rings. The van der Waals surface area contributed by atoms with Crippen LogP contribution in [0.15, 0.2) is 95.1 Å². The first-order chi connectivity index (χ1) is 13.7. The second-order valence-corrected chi connectivity index (χ2v) is 7.27. The smallest absolute Gasteiger partial charge is 0.203 e. The minimum atomic E-state index is -0.957. The number of hydrogen-bond donors (Lipinski definition) is 1. The first-order valence-corrected chi connectivity index (χ1v) is 10.1. The van der Waals surface area contributed by atoms with Gasteiger partial charge in [-0.15, -0.1) is 10.2 Å². The summed E-state index contributed by atoms with van der Waals surface area (Å²) < 4.78 is 0. The lowest BCUT2D eigenvalue weighted by Crippen LogP contribution is -2.36. The van der Waals surface area contributed by atoms with Crippen LogP contribution in [0.4, 0.5) is 0 Å². The van der Waals surface area contributed by atoms with Crippen molar-refractivity contribution in [1.29, 1.82) is 0 Å². The maximum Gasteiger partial charge on any atom is 0.203 e. The molecule has 28 heavy (non-hydrogen) atoms. The van der Waals surface area contributed by atoms with Crippen LogP contribution in [-0.2, 0) is 10.2 Å². The summed E-state index contributed by atoms with van der Waals surface area (Å²) in [5.41, 5.74) is 8.69. The van der Waals surface area contributed by atoms with Crippen LogP contribution >= 0.6 is 11.8 Å². The number of Topliss-reactive ketones (excluding diaryl/α,β-unsaturated/α-hetero) is 1. The monoisotopic (exact) mass is 385 g/mol. The molecule has 1 aliphatic rings. The third-order valence-electron chi connectivity index (χ3n) is 5.01. The van der Waals surface area contributed by atoms with Crippen molar-refractivity contribution in [1.82, 2.24) is 0 Å². The Labute approximate surface area is 168 Å². The van der Waals surface area contributed by atoms with Crippen LogP contribution in [0.2, 0.25) is 0 Å². The molecule has 3 aromatic carbocycles. The largest absolute Gasteiger partial charge is 0.377 e. The summed E-state index contributed by atoms with van der Waals surface area (Å²) in [4.78, 5) is 13.9. The summed E-state index contributed by atoms with van der Waals surface area (Å²) >= 11 is 1.29. The van der Waals surface area contributed by atoms with Gasteiger partial charge in [0.15, 0.2) is 5.17 Å². The van der Waals surface area contributed by atoms with E-state index in [4.69, 9.17) is 5.73 Å². The van der Waals surface area contributed by atoms with Gasteiger partial charge in [-0.25, -0.2) is 0 Å². The highest BCUT2D eigenvalue weighted by atomic mass is 32.2. The zero-order chi connectivity index (χ0) is 19.6. The average molecular weight is 385 g/mol. The van der Waals surface area contributed by atoms with Gasteiger partial charge in [0, 0.05) is 5.56 Å². The van der Waals surface area contributed by atoms with Crippen molar-refractivity contribution >= 4 is 28.4 Å². The molecule has 0 atom stereocenters. The first-order valence-electron chi connectivity index (χ1n) is 8.90. The van der Waals surface area contributed by atoms with Crippen LogP contribution in [0.25, 0.3) is 0 Å². The molecular weight excluding hydrogens is 366 g/mol. The predicted octanol–water partition coefficient (Wildman–Crippen LogP) is 3.99. The Morgan fingerprint density at radius 3 is 1.96 bits per heavy atom. The van der Waals surface area contributed by atoms with Crippen LogP contribution < -0.4 is 5.73 Å². The van der Waals surface area contributed by atoms with Crippen molar-refractivity contribution < 1.29 is 4.79 Å². The SMILES string of the molecule is CSC(N)=NN=C1C(=O)C(c2ccccc2)(c2ccccc2)c2ccccc21. The van der Waals surface area contributed by atoms with Gasteiger partial charge in [0.05, 0.1) is 0 Å². The number of nitrogens with two attached hydrogens (primary N) is 1. The Kier molecular flexibility index (Phi) is 4.84. The molecule has 0 radical (unpaired) electrons. The van der Waals surface area contributed by atoms with Crippen molar-refractivity contribution in [3.05, 3.63) is 107 Å². The number of hydrogen-bond acceptors (Lipinski definition) is 4. The van der Waals surface area contributed by atoms with Crippen molar-refractivity contribution in [3.8, 4) is 0 Å². The minimum Gasteiger partial charge on any atom is -0.377 e. The Morgan fingerprint density at radius 1 is 0.857 bits per heavy atom. The highest BCUT2D eigenvalue weighted by molar-refractivity contribution is 8.13. The average Bonchev–Trinajstić information content (AvgIpc) is 3.01. The maximum absolute atomic E-state index is 13.9. The summed E-state index contributed by atoms with van der Waals surface area (Å²) in [5.74, 6) is -0.0937. The molecule has 0 spiro atoms. The third-order valence-corrected chi connectivity index (χ3v) is 5.51. The van der Waals surface area contributed by atoms with Gasteiger partial charge in [0.1, 0.15) is 11.1 Å². The summed E-state index contributed by atoms with van der Waals surface area (Å²) in [5, 5.41) is 8.64. The number of ketones is 1. The second-order valence-electron chi connectivity index (χ2n) is 6.45. The predicted molar refractivity (Wildman–Crippen MR) is 116 cm³/mol. The Bertz CT molecular complexity index is 1040. The van der Waals surface area contributed by atoms with E-state index in [1.807, 2.05) is 91.2 Å². The summed E-state index contributed by atoms with van der Waals surface area (Å²) in [6, 6.07) is 27.5. The zero-order valence-corrected chi connectivity index (χ0v) is 16.2. The molecule has 0 aromatic heterocycles. The molecular formula is C23H19N3OS. The number of carbonyl (C=O) groups excluding carboxylic acids is 1. The van der Waals surface area contributed by atoms with Gasteiger partial charge in [-0.05, 0) is 22.9 Å². The van der Waals surface area contributed by atoms with Crippen LogP contribution in [0, 0.1) is 0 Å². The Morgan fingerprint density at radius 2 is 1.39 bits per heavy atom. The number of benzene rings is 3. The van der Waals surface area contributed by atoms with E-state index in [1.54, 1.807) is 0 Å². The Hall–Kier alpha value is -3.18. The standard InChI is InChI=1S/C23H19N3OS/c1-28-22(24)26-25-20-18-14-8-9-15-19(18)23(21(20)27,16-10-4-2-5-11-16)17-12-6-3-7-13-17/h2-15H,1H3,(H2,24,26). The maximum atomic E-state index is 13.9. The number of thioether (sulfide) groups is 1. The number of carbonyl (C=O) groups is 1. The van der Waals surface area contributed by atoms with E-state index in [0.29, 0.717) is 10.9 Å². The topological polar surface area (TPSA) is 67.8 Å². The van der Waals surface area contributed by atoms with E-state index in [0.717, 1.165) is 22.3 Å². The van der Waals surface area contributed by atoms with Gasteiger partial charge >= 0.3 is 0 Å². The highest BCUT2D eigenvalue weighted by Crippen LogP contribution is 2.46. The molecule has 0 saturated carbocycles. The number of amidine groups is 1. The van der Waals surface area contributed by atoms with Gasteiger partial charge in [0.2, 0.25) is 5.78 Å². The third kappa shape index (κ3) is 2.75. The molecule has 4 rings (SSSR count). The fourth-order valence-corrected chi connectivity index (χ4v) is 3.92. The molecule has 0 saturated heterocycles. The van der Waals surface area contributed by atoms with Crippen LogP contribution in [0.1, 0.15) is 22.3 Å². The molecule has 0 heterocycles. The van der Waals surface area contributed by atoms with Crippen molar-refractivity contribution in [3.63, 3.8) is 0 Å². The van der Waals surface area contributed by atoms with E-state index < -0.39 is 5.41 Å². The zero-order valence-electron chi connectivity index (χ0n) is 15.4. The van der Waals surface area contributed by atoms with Gasteiger partial charge in [-0.1, -0.05) is 96.7 Å². The van der Waals surface area contributed by atoms with Gasteiger partial charge in [0.25, 0.3) is 0 Å². The summed E-state index contributed by atoms with van der Waals surface area (Å²) in [6.07, 6.45) is 1.82. The van der Waals surface area contributed by atoms with E-state index in [2.05, 4.69) is 10.2 Å². The lowest BCUT2D eigenvalue weighted by atomic mass is 9.69.